The summed E-state index contributed by atoms with van der Waals surface area (Å²) in [4.78, 5) is 11.9. The van der Waals surface area contributed by atoms with E-state index in [1.54, 1.807) is 0 Å². The third-order valence-electron chi connectivity index (χ3n) is 3.39. The Morgan fingerprint density at radius 1 is 1.32 bits per heavy atom. The van der Waals surface area contributed by atoms with Crippen LogP contribution in [0.4, 0.5) is 0 Å². The van der Waals surface area contributed by atoms with Gasteiger partial charge < -0.3 is 11.1 Å². The van der Waals surface area contributed by atoms with Gasteiger partial charge >= 0.3 is 0 Å². The van der Waals surface area contributed by atoms with Crippen molar-refractivity contribution < 1.29 is 4.79 Å². The highest BCUT2D eigenvalue weighted by atomic mass is 127. The van der Waals surface area contributed by atoms with Crippen LogP contribution >= 0.6 is 35.0 Å². The van der Waals surface area contributed by atoms with Gasteiger partial charge in [0.25, 0.3) is 0 Å². The fraction of sp³-hybridized carbons (Fsp3) is 0.500. The molecule has 1 aliphatic carbocycles. The number of benzene rings is 1. The lowest BCUT2D eigenvalue weighted by atomic mass is 9.91. The number of carbonyl (C=O) groups is 1. The van der Waals surface area contributed by atoms with E-state index in [-0.39, 0.29) is 18.3 Å². The number of amides is 1. The van der Waals surface area contributed by atoms with Gasteiger partial charge in [-0.25, -0.2) is 0 Å². The second-order valence-electron chi connectivity index (χ2n) is 4.99. The molecule has 0 atom stereocenters. The van der Waals surface area contributed by atoms with E-state index < -0.39 is 0 Å². The second-order valence-corrected chi connectivity index (χ2v) is 6.23. The Hall–Kier alpha value is -0.330. The molecular weight excluding hydrogens is 375 g/mol. The number of rotatable bonds is 3. The third kappa shape index (κ3) is 5.67. The summed E-state index contributed by atoms with van der Waals surface area (Å²) in [5, 5.41) is 3.11. The minimum atomic E-state index is 0. The topological polar surface area (TPSA) is 55.1 Å². The van der Waals surface area contributed by atoms with Crippen molar-refractivity contribution in [3.63, 3.8) is 0 Å². The molecule has 0 unspecified atom stereocenters. The molecule has 19 heavy (non-hydrogen) atoms. The zero-order chi connectivity index (χ0) is 13.0. The van der Waals surface area contributed by atoms with Crippen molar-refractivity contribution in [1.29, 1.82) is 0 Å². The molecule has 0 spiro atoms. The highest BCUT2D eigenvalue weighted by Crippen LogP contribution is 2.17. The standard InChI is InChI=1S/C14H19IN2O.ClH/c15-11-3-1-2-10(8-11)9-14(18)17-13-6-4-12(16)5-7-13;/h1-3,8,12-13H,4-7,9,16H2,(H,17,18);1H. The van der Waals surface area contributed by atoms with Crippen LogP contribution in [0.15, 0.2) is 24.3 Å². The Bertz CT molecular complexity index is 420. The molecule has 3 N–H and O–H groups in total. The molecule has 0 heterocycles. The molecule has 1 aliphatic rings. The molecule has 5 heteroatoms. The van der Waals surface area contributed by atoms with Crippen LogP contribution in [0.2, 0.25) is 0 Å². The number of nitrogens with two attached hydrogens (primary N) is 1. The van der Waals surface area contributed by atoms with Crippen molar-refractivity contribution in [2.24, 2.45) is 5.73 Å². The third-order valence-corrected chi connectivity index (χ3v) is 4.06. The average Bonchev–Trinajstić information content (AvgIpc) is 2.32. The van der Waals surface area contributed by atoms with Crippen molar-refractivity contribution in [3.05, 3.63) is 33.4 Å². The molecule has 106 valence electrons. The summed E-state index contributed by atoms with van der Waals surface area (Å²) in [7, 11) is 0. The smallest absolute Gasteiger partial charge is 0.224 e. The van der Waals surface area contributed by atoms with Gasteiger partial charge in [-0.15, -0.1) is 12.4 Å². The number of nitrogens with one attached hydrogen (secondary N) is 1. The Kier molecular flexibility index (Phi) is 7.10. The van der Waals surface area contributed by atoms with Gasteiger partial charge in [0.2, 0.25) is 5.91 Å². The van der Waals surface area contributed by atoms with Crippen LogP contribution in [-0.4, -0.2) is 18.0 Å². The SMILES string of the molecule is Cl.NC1CCC(NC(=O)Cc2cccc(I)c2)CC1. The molecule has 1 saturated carbocycles. The summed E-state index contributed by atoms with van der Waals surface area (Å²) in [5.74, 6) is 0.123. The van der Waals surface area contributed by atoms with Crippen molar-refractivity contribution in [3.8, 4) is 0 Å². The molecule has 3 nitrogen and oxygen atoms in total. The number of carbonyl (C=O) groups excluding carboxylic acids is 1. The zero-order valence-electron chi connectivity index (χ0n) is 10.8. The van der Waals surface area contributed by atoms with Crippen LogP contribution < -0.4 is 11.1 Å². The maximum absolute atomic E-state index is 11.9. The van der Waals surface area contributed by atoms with Crippen LogP contribution in [0.5, 0.6) is 0 Å². The van der Waals surface area contributed by atoms with E-state index in [2.05, 4.69) is 34.0 Å². The largest absolute Gasteiger partial charge is 0.353 e. The van der Waals surface area contributed by atoms with E-state index in [1.807, 2.05) is 18.2 Å². The molecular formula is C14H20ClIN2O. The quantitative estimate of drug-likeness (QED) is 0.775. The van der Waals surface area contributed by atoms with E-state index >= 15 is 0 Å². The van der Waals surface area contributed by atoms with Crippen molar-refractivity contribution >= 4 is 40.9 Å². The van der Waals surface area contributed by atoms with Gasteiger partial charge in [0.05, 0.1) is 6.42 Å². The van der Waals surface area contributed by atoms with Gasteiger partial charge in [0.15, 0.2) is 0 Å². The van der Waals surface area contributed by atoms with E-state index in [0.717, 1.165) is 31.2 Å². The molecule has 0 bridgehead atoms. The maximum atomic E-state index is 11.9. The highest BCUT2D eigenvalue weighted by molar-refractivity contribution is 14.1. The summed E-state index contributed by atoms with van der Waals surface area (Å²) >= 11 is 2.26. The number of halogens is 2. The molecule has 0 aromatic heterocycles. The van der Waals surface area contributed by atoms with Crippen molar-refractivity contribution in [1.82, 2.24) is 5.32 Å². The van der Waals surface area contributed by atoms with E-state index in [4.69, 9.17) is 5.73 Å². The minimum Gasteiger partial charge on any atom is -0.353 e. The van der Waals surface area contributed by atoms with Crippen LogP contribution in [0.1, 0.15) is 31.2 Å². The number of hydrogen-bond donors (Lipinski definition) is 2. The normalized spacial score (nSPS) is 22.4. The van der Waals surface area contributed by atoms with Gasteiger partial charge in [0, 0.05) is 15.7 Å². The Balaban J connectivity index is 0.00000180. The summed E-state index contributed by atoms with van der Waals surface area (Å²) in [6.07, 6.45) is 4.54. The summed E-state index contributed by atoms with van der Waals surface area (Å²) in [6, 6.07) is 8.72. The maximum Gasteiger partial charge on any atom is 0.224 e. The van der Waals surface area contributed by atoms with E-state index in [9.17, 15) is 4.79 Å². The molecule has 1 fully saturated rings. The van der Waals surface area contributed by atoms with Crippen LogP contribution in [0, 0.1) is 3.57 Å². The first-order chi connectivity index (χ1) is 8.63. The molecule has 0 radical (unpaired) electrons. The summed E-state index contributed by atoms with van der Waals surface area (Å²) in [5.41, 5.74) is 6.93. The average molecular weight is 395 g/mol. The fourth-order valence-electron chi connectivity index (χ4n) is 2.37. The first-order valence-corrected chi connectivity index (χ1v) is 7.51. The lowest BCUT2D eigenvalue weighted by Crippen LogP contribution is -2.41. The second kappa shape index (κ2) is 8.07. The van der Waals surface area contributed by atoms with Gasteiger partial charge in [-0.3, -0.25) is 4.79 Å². The zero-order valence-corrected chi connectivity index (χ0v) is 13.7. The predicted octanol–water partition coefficient (Wildman–Crippen LogP) is 2.64. The first kappa shape index (κ1) is 16.7. The van der Waals surface area contributed by atoms with Gasteiger partial charge in [-0.2, -0.15) is 0 Å². The first-order valence-electron chi connectivity index (χ1n) is 6.43. The van der Waals surface area contributed by atoms with Crippen LogP contribution in [0.25, 0.3) is 0 Å². The Labute approximate surface area is 134 Å². The summed E-state index contributed by atoms with van der Waals surface area (Å²) < 4.78 is 1.17. The van der Waals surface area contributed by atoms with Crippen molar-refractivity contribution in [2.45, 2.75) is 44.2 Å². The molecule has 0 aliphatic heterocycles. The van der Waals surface area contributed by atoms with E-state index in [1.165, 1.54) is 3.57 Å². The Morgan fingerprint density at radius 2 is 2.00 bits per heavy atom. The lowest BCUT2D eigenvalue weighted by molar-refractivity contribution is -0.121. The van der Waals surface area contributed by atoms with Crippen molar-refractivity contribution in [2.75, 3.05) is 0 Å². The highest BCUT2D eigenvalue weighted by Gasteiger charge is 2.19. The molecule has 2 rings (SSSR count). The van der Waals surface area contributed by atoms with Gasteiger partial charge in [-0.05, 0) is 66.0 Å². The van der Waals surface area contributed by atoms with Gasteiger partial charge in [0.1, 0.15) is 0 Å². The fourth-order valence-corrected chi connectivity index (χ4v) is 2.98. The molecule has 0 saturated heterocycles. The Morgan fingerprint density at radius 3 is 2.63 bits per heavy atom. The van der Waals surface area contributed by atoms with E-state index in [0.29, 0.717) is 18.5 Å². The molecule has 1 amide bonds. The summed E-state index contributed by atoms with van der Waals surface area (Å²) in [6.45, 7) is 0. The number of hydrogen-bond acceptors (Lipinski definition) is 2. The monoisotopic (exact) mass is 394 g/mol. The molecule has 1 aromatic carbocycles. The lowest BCUT2D eigenvalue weighted by Gasteiger charge is -2.26. The van der Waals surface area contributed by atoms with Gasteiger partial charge in [-0.1, -0.05) is 12.1 Å². The minimum absolute atomic E-state index is 0. The molecule has 1 aromatic rings. The van der Waals surface area contributed by atoms with Crippen LogP contribution in [0.3, 0.4) is 0 Å². The predicted molar refractivity (Wildman–Crippen MR) is 88.5 cm³/mol. The van der Waals surface area contributed by atoms with Crippen LogP contribution in [-0.2, 0) is 11.2 Å².